The summed E-state index contributed by atoms with van der Waals surface area (Å²) in [5.74, 6) is 0. The van der Waals surface area contributed by atoms with E-state index in [1.54, 1.807) is 0 Å². The van der Waals surface area contributed by atoms with Crippen LogP contribution in [-0.4, -0.2) is 51.7 Å². The lowest BCUT2D eigenvalue weighted by Crippen LogP contribution is -2.45. The monoisotopic (exact) mass is 394 g/mol. The molecule has 0 aliphatic carbocycles. The number of nitrogens with zero attached hydrogens (tertiary/aromatic N) is 1. The molecule has 1 aromatic carbocycles. The molecule has 1 saturated heterocycles. The highest BCUT2D eigenvalue weighted by Crippen LogP contribution is 2.33. The number of rotatable bonds is 7. The molecule has 26 heavy (non-hydrogen) atoms. The van der Waals surface area contributed by atoms with E-state index in [4.69, 9.17) is 4.74 Å². The molecule has 0 amide bonds. The molecule has 2 atom stereocenters. The lowest BCUT2D eigenvalue weighted by Gasteiger charge is -2.35. The highest BCUT2D eigenvalue weighted by molar-refractivity contribution is 7.89. The molecule has 1 aliphatic rings. The number of nitrogens with one attached hydrogen (secondary N) is 1. The molecule has 0 spiro atoms. The Morgan fingerprint density at radius 1 is 1.15 bits per heavy atom. The minimum atomic E-state index is -4.71. The first-order chi connectivity index (χ1) is 12.1. The van der Waals surface area contributed by atoms with Crippen LogP contribution in [0.4, 0.5) is 13.2 Å². The third-order valence-electron chi connectivity index (χ3n) is 4.17. The second kappa shape index (κ2) is 8.69. The molecule has 148 valence electrons. The number of benzene rings is 1. The van der Waals surface area contributed by atoms with Crippen molar-refractivity contribution in [2.24, 2.45) is 0 Å². The summed E-state index contributed by atoms with van der Waals surface area (Å²) in [6.07, 6.45) is -3.09. The van der Waals surface area contributed by atoms with Crippen molar-refractivity contribution in [2.75, 3.05) is 26.2 Å². The lowest BCUT2D eigenvalue weighted by molar-refractivity contribution is -0.139. The summed E-state index contributed by atoms with van der Waals surface area (Å²) in [5, 5.41) is 0. The van der Waals surface area contributed by atoms with Crippen molar-refractivity contribution in [3.63, 3.8) is 0 Å². The van der Waals surface area contributed by atoms with Crippen LogP contribution in [0.15, 0.2) is 29.2 Å². The maximum absolute atomic E-state index is 13.0. The predicted molar refractivity (Wildman–Crippen MR) is 92.3 cm³/mol. The Balaban J connectivity index is 1.84. The van der Waals surface area contributed by atoms with Crippen LogP contribution >= 0.6 is 0 Å². The summed E-state index contributed by atoms with van der Waals surface area (Å²) in [6, 6.07) is 4.20. The van der Waals surface area contributed by atoms with Crippen LogP contribution in [0.1, 0.15) is 32.3 Å². The van der Waals surface area contributed by atoms with E-state index in [2.05, 4.69) is 9.62 Å². The summed E-state index contributed by atoms with van der Waals surface area (Å²) >= 11 is 0. The number of morpholine rings is 1. The fourth-order valence-corrected chi connectivity index (χ4v) is 4.45. The smallest absolute Gasteiger partial charge is 0.373 e. The van der Waals surface area contributed by atoms with Gasteiger partial charge in [-0.1, -0.05) is 12.1 Å². The van der Waals surface area contributed by atoms with Gasteiger partial charge in [-0.15, -0.1) is 0 Å². The number of halogens is 3. The van der Waals surface area contributed by atoms with E-state index in [9.17, 15) is 21.6 Å². The first-order valence-electron chi connectivity index (χ1n) is 8.63. The predicted octanol–water partition coefficient (Wildman–Crippen LogP) is 2.87. The summed E-state index contributed by atoms with van der Waals surface area (Å²) in [4.78, 5) is 1.52. The molecule has 1 N–H and O–H groups in total. The first kappa shape index (κ1) is 21.1. The Hall–Kier alpha value is -1.16. The normalized spacial score (nSPS) is 22.5. The Morgan fingerprint density at radius 3 is 2.38 bits per heavy atom. The van der Waals surface area contributed by atoms with Gasteiger partial charge in [-0.05, 0) is 45.4 Å². The largest absolute Gasteiger partial charge is 0.417 e. The quantitative estimate of drug-likeness (QED) is 0.723. The Bertz CT molecular complexity index is 685. The number of alkyl halides is 3. The minimum Gasteiger partial charge on any atom is -0.373 e. The SMILES string of the molecule is C[C@H]1CN(CCCCNS(=O)(=O)c2ccccc2C(F)(F)F)C[C@H](C)O1. The van der Waals surface area contributed by atoms with Gasteiger partial charge >= 0.3 is 6.18 Å². The molecule has 0 bridgehead atoms. The standard InChI is InChI=1S/C17H25F3N2O3S/c1-13-11-22(12-14(2)25-13)10-6-5-9-21-26(23,24)16-8-4-3-7-15(16)17(18,19)20/h3-4,7-8,13-14,21H,5-6,9-12H2,1-2H3/t13-,14-/m0/s1. The van der Waals surface area contributed by atoms with Gasteiger partial charge in [0.15, 0.2) is 0 Å². The van der Waals surface area contributed by atoms with Crippen LogP contribution in [0.3, 0.4) is 0 Å². The van der Waals surface area contributed by atoms with Gasteiger partial charge in [-0.25, -0.2) is 13.1 Å². The van der Waals surface area contributed by atoms with Crippen molar-refractivity contribution in [1.82, 2.24) is 9.62 Å². The molecule has 1 fully saturated rings. The Morgan fingerprint density at radius 2 is 1.77 bits per heavy atom. The van der Waals surface area contributed by atoms with Gasteiger partial charge < -0.3 is 4.74 Å². The molecule has 1 aromatic rings. The Labute approximate surface area is 152 Å². The van der Waals surface area contributed by atoms with Gasteiger partial charge in [0, 0.05) is 19.6 Å². The summed E-state index contributed by atoms with van der Waals surface area (Å²) < 4.78 is 71.3. The lowest BCUT2D eigenvalue weighted by atomic mass is 10.2. The van der Waals surface area contributed by atoms with E-state index in [1.807, 2.05) is 13.8 Å². The molecule has 0 unspecified atom stereocenters. The Kier molecular flexibility index (Phi) is 7.06. The average Bonchev–Trinajstić information content (AvgIpc) is 2.53. The van der Waals surface area contributed by atoms with E-state index < -0.39 is 26.7 Å². The zero-order chi connectivity index (χ0) is 19.4. The summed E-state index contributed by atoms with van der Waals surface area (Å²) in [6.45, 7) is 6.58. The zero-order valence-corrected chi connectivity index (χ0v) is 15.7. The fraction of sp³-hybridized carbons (Fsp3) is 0.647. The molecular formula is C17H25F3N2O3S. The second-order valence-electron chi connectivity index (χ2n) is 6.62. The molecule has 0 radical (unpaired) electrons. The number of hydrogen-bond acceptors (Lipinski definition) is 4. The van der Waals surface area contributed by atoms with Crippen molar-refractivity contribution in [1.29, 1.82) is 0 Å². The van der Waals surface area contributed by atoms with Crippen molar-refractivity contribution in [2.45, 2.75) is 50.0 Å². The van der Waals surface area contributed by atoms with E-state index in [0.29, 0.717) is 6.42 Å². The van der Waals surface area contributed by atoms with Gasteiger partial charge in [-0.2, -0.15) is 13.2 Å². The fourth-order valence-electron chi connectivity index (χ4n) is 3.15. The maximum atomic E-state index is 13.0. The molecule has 0 saturated carbocycles. The summed E-state index contributed by atoms with van der Waals surface area (Å²) in [7, 11) is -4.20. The van der Waals surface area contributed by atoms with Crippen molar-refractivity contribution in [3.8, 4) is 0 Å². The van der Waals surface area contributed by atoms with Crippen LogP contribution in [0.25, 0.3) is 0 Å². The molecule has 1 heterocycles. The van der Waals surface area contributed by atoms with Crippen LogP contribution in [0.2, 0.25) is 0 Å². The van der Waals surface area contributed by atoms with Gasteiger partial charge in [0.25, 0.3) is 0 Å². The zero-order valence-electron chi connectivity index (χ0n) is 14.9. The van der Waals surface area contributed by atoms with Crippen molar-refractivity contribution in [3.05, 3.63) is 29.8 Å². The van der Waals surface area contributed by atoms with Crippen molar-refractivity contribution >= 4 is 10.0 Å². The van der Waals surface area contributed by atoms with Crippen molar-refractivity contribution < 1.29 is 26.3 Å². The van der Waals surface area contributed by atoms with Gasteiger partial charge in [0.2, 0.25) is 10.0 Å². The molecule has 1 aliphatic heterocycles. The third kappa shape index (κ3) is 5.94. The van der Waals surface area contributed by atoms with Crippen LogP contribution in [-0.2, 0) is 20.9 Å². The van der Waals surface area contributed by atoms with E-state index in [1.165, 1.54) is 12.1 Å². The van der Waals surface area contributed by atoms with Crippen LogP contribution in [0, 0.1) is 0 Å². The topological polar surface area (TPSA) is 58.6 Å². The second-order valence-corrected chi connectivity index (χ2v) is 8.35. The van der Waals surface area contributed by atoms with Crippen LogP contribution < -0.4 is 4.72 Å². The van der Waals surface area contributed by atoms with Gasteiger partial charge in [0.05, 0.1) is 22.7 Å². The highest BCUT2D eigenvalue weighted by atomic mass is 32.2. The summed E-state index contributed by atoms with van der Waals surface area (Å²) in [5.41, 5.74) is -1.15. The number of ether oxygens (including phenoxy) is 1. The third-order valence-corrected chi connectivity index (χ3v) is 5.69. The number of unbranched alkanes of at least 4 members (excludes halogenated alkanes) is 1. The minimum absolute atomic E-state index is 0.101. The molecule has 2 rings (SSSR count). The van der Waals surface area contributed by atoms with Gasteiger partial charge in [0.1, 0.15) is 0 Å². The number of hydrogen-bond donors (Lipinski definition) is 1. The highest BCUT2D eigenvalue weighted by Gasteiger charge is 2.36. The molecule has 5 nitrogen and oxygen atoms in total. The van der Waals surface area contributed by atoms with E-state index in [-0.39, 0.29) is 18.8 Å². The number of sulfonamides is 1. The van der Waals surface area contributed by atoms with E-state index >= 15 is 0 Å². The maximum Gasteiger partial charge on any atom is 0.417 e. The molecule has 0 aromatic heterocycles. The first-order valence-corrected chi connectivity index (χ1v) is 10.1. The van der Waals surface area contributed by atoms with Gasteiger partial charge in [-0.3, -0.25) is 4.90 Å². The van der Waals surface area contributed by atoms with Crippen LogP contribution in [0.5, 0.6) is 0 Å². The molecule has 9 heteroatoms. The molecular weight excluding hydrogens is 369 g/mol. The van der Waals surface area contributed by atoms with E-state index in [0.717, 1.165) is 38.2 Å². The average molecular weight is 394 g/mol.